The van der Waals surface area contributed by atoms with E-state index in [1.807, 2.05) is 6.92 Å². The fraction of sp³-hybridized carbons (Fsp3) is 0.929. The minimum Gasteiger partial charge on any atom is -0.326 e. The van der Waals surface area contributed by atoms with Gasteiger partial charge in [-0.05, 0) is 38.0 Å². The van der Waals surface area contributed by atoms with E-state index in [1.165, 1.54) is 25.7 Å². The molecule has 0 bridgehead atoms. The van der Waals surface area contributed by atoms with Crippen LogP contribution in [-0.2, 0) is 4.79 Å². The molecule has 0 aromatic heterocycles. The van der Waals surface area contributed by atoms with Gasteiger partial charge in [0, 0.05) is 6.54 Å². The van der Waals surface area contributed by atoms with Crippen molar-refractivity contribution in [3.63, 3.8) is 0 Å². The van der Waals surface area contributed by atoms with E-state index >= 15 is 0 Å². The van der Waals surface area contributed by atoms with E-state index in [2.05, 4.69) is 24.1 Å². The first kappa shape index (κ1) is 12.9. The smallest absolute Gasteiger partial charge is 0.240 e. The maximum Gasteiger partial charge on any atom is 0.240 e. The molecular weight excluding hydrogens is 212 g/mol. The Kier molecular flexibility index (Phi) is 4.08. The monoisotopic (exact) mass is 238 g/mol. The molecule has 1 N–H and O–H groups in total. The molecule has 2 unspecified atom stereocenters. The first-order valence-electron chi connectivity index (χ1n) is 7.14. The van der Waals surface area contributed by atoms with E-state index in [9.17, 15) is 4.79 Å². The van der Waals surface area contributed by atoms with E-state index in [0.29, 0.717) is 11.8 Å². The lowest BCUT2D eigenvalue weighted by Gasteiger charge is -2.28. The van der Waals surface area contributed by atoms with Crippen molar-refractivity contribution in [2.45, 2.75) is 65.1 Å². The molecule has 2 fully saturated rings. The van der Waals surface area contributed by atoms with Crippen LogP contribution in [0.25, 0.3) is 0 Å². The molecule has 1 heterocycles. The van der Waals surface area contributed by atoms with Crippen LogP contribution in [0.15, 0.2) is 0 Å². The Bertz CT molecular complexity index is 271. The molecule has 1 amide bonds. The SMILES string of the molecule is CC(C)CC1NC(C)C(=O)N1CC1CCCC1. The summed E-state index contributed by atoms with van der Waals surface area (Å²) in [6.45, 7) is 7.42. The maximum atomic E-state index is 12.1. The fourth-order valence-corrected chi connectivity index (χ4v) is 3.18. The lowest BCUT2D eigenvalue weighted by molar-refractivity contribution is -0.130. The molecule has 0 radical (unpaired) electrons. The molecule has 1 aliphatic heterocycles. The van der Waals surface area contributed by atoms with Gasteiger partial charge in [-0.1, -0.05) is 26.7 Å². The van der Waals surface area contributed by atoms with Gasteiger partial charge in [0.1, 0.15) is 0 Å². The number of amides is 1. The summed E-state index contributed by atoms with van der Waals surface area (Å²) >= 11 is 0. The zero-order valence-corrected chi connectivity index (χ0v) is 11.4. The Morgan fingerprint density at radius 3 is 2.59 bits per heavy atom. The molecule has 1 saturated heterocycles. The highest BCUT2D eigenvalue weighted by Gasteiger charge is 2.37. The Hall–Kier alpha value is -0.570. The maximum absolute atomic E-state index is 12.1. The Labute approximate surface area is 105 Å². The van der Waals surface area contributed by atoms with Crippen LogP contribution in [0.3, 0.4) is 0 Å². The first-order valence-corrected chi connectivity index (χ1v) is 7.14. The average Bonchev–Trinajstić information content (AvgIpc) is 2.83. The molecule has 0 aromatic rings. The van der Waals surface area contributed by atoms with Crippen LogP contribution in [0.1, 0.15) is 52.9 Å². The number of hydrogen-bond donors (Lipinski definition) is 1. The van der Waals surface area contributed by atoms with Gasteiger partial charge in [0.2, 0.25) is 5.91 Å². The minimum atomic E-state index is 0.0140. The summed E-state index contributed by atoms with van der Waals surface area (Å²) < 4.78 is 0. The van der Waals surface area contributed by atoms with E-state index in [0.717, 1.165) is 18.9 Å². The third-order valence-corrected chi connectivity index (χ3v) is 4.10. The van der Waals surface area contributed by atoms with E-state index in [-0.39, 0.29) is 12.2 Å². The summed E-state index contributed by atoms with van der Waals surface area (Å²) in [7, 11) is 0. The lowest BCUT2D eigenvalue weighted by Crippen LogP contribution is -2.40. The Morgan fingerprint density at radius 2 is 2.00 bits per heavy atom. The van der Waals surface area contributed by atoms with Crippen LogP contribution < -0.4 is 5.32 Å². The zero-order valence-electron chi connectivity index (χ0n) is 11.4. The Morgan fingerprint density at radius 1 is 1.35 bits per heavy atom. The lowest BCUT2D eigenvalue weighted by atomic mass is 10.1. The standard InChI is InChI=1S/C14H26N2O/c1-10(2)8-13-15-11(3)14(17)16(13)9-12-6-4-5-7-12/h10-13,15H,4-9H2,1-3H3. The molecule has 3 heteroatoms. The van der Waals surface area contributed by atoms with Crippen molar-refractivity contribution < 1.29 is 4.79 Å². The molecule has 2 atom stereocenters. The summed E-state index contributed by atoms with van der Waals surface area (Å²) in [5.74, 6) is 1.69. The number of nitrogens with zero attached hydrogens (tertiary/aromatic N) is 1. The molecule has 2 aliphatic rings. The van der Waals surface area contributed by atoms with Crippen molar-refractivity contribution in [3.8, 4) is 0 Å². The van der Waals surface area contributed by atoms with Gasteiger partial charge in [0.15, 0.2) is 0 Å². The van der Waals surface area contributed by atoms with Crippen LogP contribution in [-0.4, -0.2) is 29.6 Å². The van der Waals surface area contributed by atoms with Crippen molar-refractivity contribution in [1.29, 1.82) is 0 Å². The summed E-state index contributed by atoms with van der Waals surface area (Å²) in [4.78, 5) is 14.3. The summed E-state index contributed by atoms with van der Waals surface area (Å²) in [5.41, 5.74) is 0. The molecule has 1 saturated carbocycles. The first-order chi connectivity index (χ1) is 8.08. The van der Waals surface area contributed by atoms with Gasteiger partial charge in [-0.25, -0.2) is 0 Å². The number of carbonyl (C=O) groups excluding carboxylic acids is 1. The molecule has 3 nitrogen and oxygen atoms in total. The van der Waals surface area contributed by atoms with Crippen LogP contribution in [0.4, 0.5) is 0 Å². The highest BCUT2D eigenvalue weighted by molar-refractivity contribution is 5.83. The summed E-state index contributed by atoms with van der Waals surface area (Å²) in [5, 5.41) is 3.44. The molecular formula is C14H26N2O. The number of nitrogens with one attached hydrogen (secondary N) is 1. The van der Waals surface area contributed by atoms with Gasteiger partial charge in [-0.15, -0.1) is 0 Å². The highest BCUT2D eigenvalue weighted by atomic mass is 16.2. The molecule has 0 aromatic carbocycles. The molecule has 2 rings (SSSR count). The number of hydrogen-bond acceptors (Lipinski definition) is 2. The zero-order chi connectivity index (χ0) is 12.4. The number of rotatable bonds is 4. The second-order valence-corrected chi connectivity index (χ2v) is 6.17. The third kappa shape index (κ3) is 3.01. The van der Waals surface area contributed by atoms with Gasteiger partial charge in [0.05, 0.1) is 12.2 Å². The second kappa shape index (κ2) is 5.38. The highest BCUT2D eigenvalue weighted by Crippen LogP contribution is 2.28. The van der Waals surface area contributed by atoms with Crippen LogP contribution in [0, 0.1) is 11.8 Å². The third-order valence-electron chi connectivity index (χ3n) is 4.10. The van der Waals surface area contributed by atoms with Crippen molar-refractivity contribution >= 4 is 5.91 Å². The molecule has 17 heavy (non-hydrogen) atoms. The van der Waals surface area contributed by atoms with Crippen LogP contribution in [0.2, 0.25) is 0 Å². The van der Waals surface area contributed by atoms with Crippen molar-refractivity contribution in [1.82, 2.24) is 10.2 Å². The molecule has 98 valence electrons. The van der Waals surface area contributed by atoms with Crippen LogP contribution >= 0.6 is 0 Å². The van der Waals surface area contributed by atoms with E-state index in [1.54, 1.807) is 0 Å². The fourth-order valence-electron chi connectivity index (χ4n) is 3.18. The normalized spacial score (nSPS) is 30.8. The average molecular weight is 238 g/mol. The largest absolute Gasteiger partial charge is 0.326 e. The van der Waals surface area contributed by atoms with E-state index in [4.69, 9.17) is 0 Å². The van der Waals surface area contributed by atoms with E-state index < -0.39 is 0 Å². The summed E-state index contributed by atoms with van der Waals surface area (Å²) in [6, 6.07) is 0.0140. The molecule has 1 aliphatic carbocycles. The molecule has 0 spiro atoms. The topological polar surface area (TPSA) is 32.3 Å². The Balaban J connectivity index is 1.96. The second-order valence-electron chi connectivity index (χ2n) is 6.17. The van der Waals surface area contributed by atoms with Gasteiger partial charge in [-0.2, -0.15) is 0 Å². The predicted octanol–water partition coefficient (Wildman–Crippen LogP) is 2.37. The van der Waals surface area contributed by atoms with Gasteiger partial charge in [0.25, 0.3) is 0 Å². The van der Waals surface area contributed by atoms with Crippen molar-refractivity contribution in [2.24, 2.45) is 11.8 Å². The van der Waals surface area contributed by atoms with Crippen molar-refractivity contribution in [3.05, 3.63) is 0 Å². The quantitative estimate of drug-likeness (QED) is 0.815. The van der Waals surface area contributed by atoms with Crippen molar-refractivity contribution in [2.75, 3.05) is 6.54 Å². The predicted molar refractivity (Wildman–Crippen MR) is 69.5 cm³/mol. The minimum absolute atomic E-state index is 0.0140. The van der Waals surface area contributed by atoms with Gasteiger partial charge in [-0.3, -0.25) is 10.1 Å². The summed E-state index contributed by atoms with van der Waals surface area (Å²) in [6.07, 6.45) is 6.68. The number of carbonyl (C=O) groups is 1. The van der Waals surface area contributed by atoms with Crippen LogP contribution in [0.5, 0.6) is 0 Å². The van der Waals surface area contributed by atoms with Gasteiger partial charge < -0.3 is 4.90 Å². The van der Waals surface area contributed by atoms with Gasteiger partial charge >= 0.3 is 0 Å².